The first-order valence-corrected chi connectivity index (χ1v) is 52.0. The number of carbonyl (C=O) groups is 2. The van der Waals surface area contributed by atoms with Crippen molar-refractivity contribution in [2.75, 3.05) is 0 Å². The molecule has 0 spiro atoms. The van der Waals surface area contributed by atoms with Gasteiger partial charge in [-0.15, -0.1) is 0 Å². The van der Waals surface area contributed by atoms with E-state index in [1.54, 1.807) is 104 Å². The Labute approximate surface area is 800 Å². The first-order chi connectivity index (χ1) is 65.2. The van der Waals surface area contributed by atoms with Crippen LogP contribution in [0.25, 0.3) is 55.0 Å². The van der Waals surface area contributed by atoms with Gasteiger partial charge in [-0.05, 0) is 328 Å². The summed E-state index contributed by atoms with van der Waals surface area (Å²) in [5, 5.41) is 3.80. The van der Waals surface area contributed by atoms with E-state index in [-0.39, 0.29) is 11.6 Å². The number of benzene rings is 11. The van der Waals surface area contributed by atoms with Gasteiger partial charge in [0.1, 0.15) is 23.1 Å². The number of aromatic amines is 3. The molecule has 3 N–H and O–H groups in total. The van der Waals surface area contributed by atoms with Gasteiger partial charge in [0.05, 0.1) is 0 Å². The van der Waals surface area contributed by atoms with Crippen molar-refractivity contribution in [1.29, 1.82) is 0 Å². The number of para-hydroxylation sites is 4. The average Bonchev–Trinajstić information content (AvgIpc) is 1.63. The summed E-state index contributed by atoms with van der Waals surface area (Å²) in [4.78, 5) is 31.4. The summed E-state index contributed by atoms with van der Waals surface area (Å²) in [5.41, 5.74) is 19.6. The second kappa shape index (κ2) is 52.7. The molecule has 698 valence electrons. The van der Waals surface area contributed by atoms with E-state index >= 15 is 0 Å². The molecular formula is C127H157N3O3. The fraction of sp³-hybridized carbons (Fsp3) is 0.417. The molecule has 10 fully saturated rings. The van der Waals surface area contributed by atoms with Gasteiger partial charge in [0.15, 0.2) is 0 Å². The molecule has 6 heteroatoms. The number of rotatable bonds is 23. The number of nitrogens with one attached hydrogen (secondary N) is 3. The van der Waals surface area contributed by atoms with Crippen molar-refractivity contribution in [3.63, 3.8) is 0 Å². The number of ketones is 2. The van der Waals surface area contributed by atoms with Crippen molar-refractivity contribution in [3.8, 4) is 33.8 Å². The number of fused-ring (bicyclic) bond motifs is 5. The molecule has 24 rings (SSSR count). The smallest absolute Gasteiger partial charge is 0.134 e. The average molecular weight is 1770 g/mol. The molecule has 0 radical (unpaired) electrons. The van der Waals surface area contributed by atoms with Crippen LogP contribution in [0.2, 0.25) is 0 Å². The SMILES string of the molecule is CC(=O)CCCc1c[nH]c2ccccc12.CC(=O)Cc1c[nH]c2ccccc12.CCC(c1ccccc1)c1ccccc1.CCC1C2CC3CC(C2)CC1C3.CCCC1C2CC3CC(C2)CC1C3.CCCC1CC2CCC1C2.CCCc1c[nH]c2ccccc12.CCc1ccc(-c2ccccc2)cc1.CCc1ccc(Oc2ccccc2)cc1.CCc1ccccc1-c1ccccc1. The molecule has 10 aliphatic carbocycles. The van der Waals surface area contributed by atoms with Crippen LogP contribution in [0.1, 0.15) is 267 Å². The standard InChI is InChI=1S/C15H16.C14H14O.2C14H14.C13H15NO.C13H22.C12H20.C11H11NO.C11H13N.C10H18/c1-2-15(13-9-5-3-6-10-13)14-11-7-4-8-12-14;1-2-12-8-10-14(11-9-12)15-13-6-4-3-5-7-13;1-2-12-8-6-7-11-14(12)13-9-4-3-5-10-13;1-2-12-8-10-14(11-9-12)13-6-4-3-5-7-13;1-10(15)5-4-6-11-9-14-13-8-3-2-7-12(11)13;1-2-3-13-11-5-9-4-10(7-11)8-12(13)6-9;1-2-12-10-4-8-3-9(6-10)7-11(12)5-8;1-8(13)6-9-7-12-11-5-3-2-4-10(9)11;1-2-5-9-8-12-11-7-4-3-6-10(9)11;1-2-3-9-6-8-4-5-10(9)7-8/h3-12,15H,2H2,1H3;3-11H,2H2,1H3;2*3-11H,2H2,1H3;2-3,7-9,14H,4-6H2,1H3;9-13H,2-8H2,1H3;8-12H,2-7H2,1H3;2-5,7,12H,6H2,1H3;3-4,6-8,12H,2,5H2,1H3;8-10H,2-7H2,1H3. The van der Waals surface area contributed by atoms with Crippen LogP contribution >= 0.6 is 0 Å². The van der Waals surface area contributed by atoms with Gasteiger partial charge < -0.3 is 24.5 Å². The lowest BCUT2D eigenvalue weighted by molar-refractivity contribution is -0.117. The summed E-state index contributed by atoms with van der Waals surface area (Å²) in [6, 6.07) is 103. The minimum Gasteiger partial charge on any atom is -0.457 e. The highest BCUT2D eigenvalue weighted by atomic mass is 16.5. The second-order valence-corrected chi connectivity index (χ2v) is 39.9. The zero-order valence-electron chi connectivity index (χ0n) is 82.3. The molecule has 133 heavy (non-hydrogen) atoms. The Morgan fingerprint density at radius 1 is 0.331 bits per heavy atom. The second-order valence-electron chi connectivity index (χ2n) is 39.9. The minimum absolute atomic E-state index is 0.199. The molecule has 3 unspecified atom stereocenters. The van der Waals surface area contributed by atoms with Crippen LogP contribution in [-0.2, 0) is 48.1 Å². The molecule has 3 atom stereocenters. The molecular weight excluding hydrogens is 1620 g/mol. The van der Waals surface area contributed by atoms with Crippen LogP contribution in [0, 0.1) is 76.9 Å². The van der Waals surface area contributed by atoms with Gasteiger partial charge in [0.25, 0.3) is 0 Å². The van der Waals surface area contributed by atoms with Crippen molar-refractivity contribution in [2.24, 2.45) is 76.9 Å². The Bertz CT molecular complexity index is 5550. The van der Waals surface area contributed by atoms with Crippen LogP contribution in [0.4, 0.5) is 0 Å². The molecule has 14 aromatic rings. The fourth-order valence-corrected chi connectivity index (χ4v) is 24.4. The highest BCUT2D eigenvalue weighted by Crippen LogP contribution is 2.59. The molecule has 10 bridgehead atoms. The van der Waals surface area contributed by atoms with E-state index in [0.717, 1.165) is 143 Å². The highest BCUT2D eigenvalue weighted by Gasteiger charge is 2.49. The lowest BCUT2D eigenvalue weighted by Crippen LogP contribution is -2.44. The van der Waals surface area contributed by atoms with E-state index in [4.69, 9.17) is 4.74 Å². The number of hydrogen-bond donors (Lipinski definition) is 3. The third kappa shape index (κ3) is 29.3. The predicted octanol–water partition coefficient (Wildman–Crippen LogP) is 35.2. The summed E-state index contributed by atoms with van der Waals surface area (Å²) in [6.45, 7) is 21.3. The predicted molar refractivity (Wildman–Crippen MR) is 567 cm³/mol. The zero-order valence-corrected chi connectivity index (χ0v) is 82.3. The van der Waals surface area contributed by atoms with E-state index in [2.05, 4.69) is 289 Å². The molecule has 0 aliphatic heterocycles. The quantitative estimate of drug-likeness (QED) is 0.0596. The Hall–Kier alpha value is -10.8. The van der Waals surface area contributed by atoms with Crippen LogP contribution in [-0.4, -0.2) is 26.5 Å². The van der Waals surface area contributed by atoms with E-state index in [9.17, 15) is 9.59 Å². The summed E-state index contributed by atoms with van der Waals surface area (Å²) >= 11 is 0. The molecule has 0 amide bonds. The van der Waals surface area contributed by atoms with Gasteiger partial charge in [-0.25, -0.2) is 0 Å². The van der Waals surface area contributed by atoms with Crippen molar-refractivity contribution >= 4 is 44.3 Å². The fourth-order valence-electron chi connectivity index (χ4n) is 24.4. The lowest BCUT2D eigenvalue weighted by Gasteiger charge is -2.54. The third-order valence-corrected chi connectivity index (χ3v) is 30.5. The summed E-state index contributed by atoms with van der Waals surface area (Å²) in [6.07, 6.45) is 45.7. The molecule has 10 saturated carbocycles. The van der Waals surface area contributed by atoms with Gasteiger partial charge in [-0.3, -0.25) is 4.79 Å². The number of H-pyrrole nitrogens is 3. The molecule has 0 saturated heterocycles. The Kier molecular flexibility index (Phi) is 39.5. The maximum Gasteiger partial charge on any atom is 0.134 e. The molecule has 11 aromatic carbocycles. The third-order valence-electron chi connectivity index (χ3n) is 30.5. The van der Waals surface area contributed by atoms with Crippen molar-refractivity contribution in [2.45, 2.75) is 261 Å². The topological polar surface area (TPSA) is 90.7 Å². The highest BCUT2D eigenvalue weighted by molar-refractivity contribution is 5.89. The maximum atomic E-state index is 10.9. The van der Waals surface area contributed by atoms with Crippen LogP contribution < -0.4 is 4.74 Å². The first kappa shape index (κ1) is 99.7. The van der Waals surface area contributed by atoms with Crippen molar-refractivity contribution in [3.05, 3.63) is 360 Å². The number of Topliss-reactive ketones (excluding diaryl/α,β-unsaturated/α-hetero) is 2. The number of aromatic nitrogens is 3. The zero-order chi connectivity index (χ0) is 92.9. The van der Waals surface area contributed by atoms with Crippen molar-refractivity contribution in [1.82, 2.24) is 15.0 Å². The van der Waals surface area contributed by atoms with E-state index in [1.165, 1.54) is 128 Å². The summed E-state index contributed by atoms with van der Waals surface area (Å²) < 4.78 is 5.68. The number of aryl methyl sites for hydroxylation is 5. The molecule has 6 nitrogen and oxygen atoms in total. The lowest BCUT2D eigenvalue weighted by atomic mass is 9.51. The maximum absolute atomic E-state index is 10.9. The summed E-state index contributed by atoms with van der Waals surface area (Å²) in [5.74, 6) is 17.8. The first-order valence-electron chi connectivity index (χ1n) is 52.0. The van der Waals surface area contributed by atoms with E-state index in [1.807, 2.05) is 97.3 Å². The largest absolute Gasteiger partial charge is 0.457 e. The van der Waals surface area contributed by atoms with Gasteiger partial charge in [0.2, 0.25) is 0 Å². The van der Waals surface area contributed by atoms with Crippen LogP contribution in [0.15, 0.2) is 316 Å². The van der Waals surface area contributed by atoms with E-state index in [0.29, 0.717) is 18.8 Å². The van der Waals surface area contributed by atoms with Gasteiger partial charge in [0, 0.05) is 70.1 Å². The normalized spacial score (nSPS) is 21.2. The number of ether oxygens (including phenoxy) is 1. The van der Waals surface area contributed by atoms with E-state index < -0.39 is 0 Å². The Morgan fingerprint density at radius 2 is 0.737 bits per heavy atom. The van der Waals surface area contributed by atoms with Crippen LogP contribution in [0.5, 0.6) is 11.5 Å². The Morgan fingerprint density at radius 3 is 1.17 bits per heavy atom. The number of hydrogen-bond acceptors (Lipinski definition) is 3. The molecule has 3 aromatic heterocycles. The van der Waals surface area contributed by atoms with Gasteiger partial charge in [-0.2, -0.15) is 0 Å². The van der Waals surface area contributed by atoms with Crippen molar-refractivity contribution < 1.29 is 14.3 Å². The van der Waals surface area contributed by atoms with Crippen LogP contribution in [0.3, 0.4) is 0 Å². The number of carbonyl (C=O) groups excluding carboxylic acids is 2. The molecule has 3 heterocycles. The molecule has 10 aliphatic rings. The monoisotopic (exact) mass is 1770 g/mol. The minimum atomic E-state index is 0.199. The Balaban J connectivity index is 0.000000126. The summed E-state index contributed by atoms with van der Waals surface area (Å²) in [7, 11) is 0. The van der Waals surface area contributed by atoms with Gasteiger partial charge in [-0.1, -0.05) is 355 Å². The van der Waals surface area contributed by atoms with Gasteiger partial charge >= 0.3 is 0 Å².